The summed E-state index contributed by atoms with van der Waals surface area (Å²) < 4.78 is 79.4. The predicted octanol–water partition coefficient (Wildman–Crippen LogP) is 4.39. The Hall–Kier alpha value is -3.45. The topological polar surface area (TPSA) is 87.4 Å². The van der Waals surface area contributed by atoms with Crippen molar-refractivity contribution in [3.63, 3.8) is 0 Å². The molecule has 8 nitrogen and oxygen atoms in total. The van der Waals surface area contributed by atoms with E-state index in [9.17, 15) is 27.2 Å². The van der Waals surface area contributed by atoms with Crippen LogP contribution in [0.1, 0.15) is 28.2 Å². The standard InChI is InChI=1S/C22H18ClF5N4O4/c1-11-5-12(24)6-14(23)19(11)29-20(33)13-7-15(25)16(8-17(13)36-10-22(26,27)28)32-21(34)31-3-2-4-35-9-18(31)30-32/h5-8H,2-4,9-10H2,1H3,(H,29,33). The van der Waals surface area contributed by atoms with E-state index in [-0.39, 0.29) is 35.2 Å². The third-order valence-corrected chi connectivity index (χ3v) is 5.54. The second kappa shape index (κ2) is 9.90. The highest BCUT2D eigenvalue weighted by atomic mass is 35.5. The number of aromatic nitrogens is 3. The first-order valence-electron chi connectivity index (χ1n) is 10.5. The van der Waals surface area contributed by atoms with E-state index < -0.39 is 53.0 Å². The first-order valence-corrected chi connectivity index (χ1v) is 10.9. The van der Waals surface area contributed by atoms with Gasteiger partial charge >= 0.3 is 11.9 Å². The molecule has 4 rings (SSSR count). The molecular weight excluding hydrogens is 515 g/mol. The van der Waals surface area contributed by atoms with E-state index in [0.29, 0.717) is 23.8 Å². The predicted molar refractivity (Wildman–Crippen MR) is 118 cm³/mol. The summed E-state index contributed by atoms with van der Waals surface area (Å²) in [7, 11) is 0. The van der Waals surface area contributed by atoms with E-state index >= 15 is 4.39 Å². The molecule has 0 radical (unpaired) electrons. The molecule has 1 aliphatic rings. The average Bonchev–Trinajstić information content (AvgIpc) is 2.94. The lowest BCUT2D eigenvalue weighted by atomic mass is 10.1. The van der Waals surface area contributed by atoms with Gasteiger partial charge in [0, 0.05) is 19.2 Å². The number of nitrogens with zero attached hydrogens (tertiary/aromatic N) is 3. The van der Waals surface area contributed by atoms with E-state index in [0.717, 1.165) is 18.2 Å². The van der Waals surface area contributed by atoms with Gasteiger partial charge in [0.2, 0.25) is 0 Å². The number of fused-ring (bicyclic) bond motifs is 1. The molecule has 192 valence electrons. The quantitative estimate of drug-likeness (QED) is 0.493. The number of benzene rings is 2. The van der Waals surface area contributed by atoms with Gasteiger partial charge in [0.25, 0.3) is 5.91 Å². The van der Waals surface area contributed by atoms with Gasteiger partial charge in [-0.25, -0.2) is 13.6 Å². The Morgan fingerprint density at radius 3 is 2.69 bits per heavy atom. The Kier molecular flexibility index (Phi) is 7.05. The van der Waals surface area contributed by atoms with E-state index in [1.54, 1.807) is 0 Å². The molecule has 0 unspecified atom stereocenters. The van der Waals surface area contributed by atoms with Crippen LogP contribution in [0.3, 0.4) is 0 Å². The summed E-state index contributed by atoms with van der Waals surface area (Å²) in [5, 5.41) is 6.19. The van der Waals surface area contributed by atoms with Crippen LogP contribution in [0.4, 0.5) is 27.6 Å². The Labute approximate surface area is 205 Å². The number of amides is 1. The number of halogens is 6. The number of rotatable bonds is 5. The zero-order chi connectivity index (χ0) is 26.2. The Morgan fingerprint density at radius 2 is 2.00 bits per heavy atom. The fourth-order valence-corrected chi connectivity index (χ4v) is 3.92. The van der Waals surface area contributed by atoms with Crippen LogP contribution in [0.2, 0.25) is 5.02 Å². The Balaban J connectivity index is 1.77. The number of anilines is 1. The monoisotopic (exact) mass is 532 g/mol. The number of carbonyl (C=O) groups excluding carboxylic acids is 1. The summed E-state index contributed by atoms with van der Waals surface area (Å²) in [5.41, 5.74) is -1.68. The SMILES string of the molecule is Cc1cc(F)cc(Cl)c1NC(=O)c1cc(F)c(-n2nc3n(c2=O)CCCOC3)cc1OCC(F)(F)F. The molecule has 1 N–H and O–H groups in total. The number of carbonyl (C=O) groups is 1. The molecule has 0 saturated carbocycles. The van der Waals surface area contributed by atoms with Gasteiger partial charge in [-0.15, -0.1) is 5.10 Å². The summed E-state index contributed by atoms with van der Waals surface area (Å²) in [4.78, 5) is 25.7. The second-order valence-corrected chi connectivity index (χ2v) is 8.31. The maximum absolute atomic E-state index is 15.2. The van der Waals surface area contributed by atoms with Gasteiger partial charge in [0.1, 0.15) is 29.7 Å². The summed E-state index contributed by atoms with van der Waals surface area (Å²) in [5.74, 6) is -3.33. The maximum atomic E-state index is 15.2. The molecule has 0 bridgehead atoms. The molecule has 2 heterocycles. The summed E-state index contributed by atoms with van der Waals surface area (Å²) in [6.07, 6.45) is -4.27. The third-order valence-electron chi connectivity index (χ3n) is 5.24. The molecule has 0 atom stereocenters. The number of hydrogen-bond donors (Lipinski definition) is 1. The van der Waals surface area contributed by atoms with Crippen molar-refractivity contribution in [1.29, 1.82) is 0 Å². The van der Waals surface area contributed by atoms with Crippen LogP contribution < -0.4 is 15.7 Å². The van der Waals surface area contributed by atoms with Gasteiger partial charge < -0.3 is 14.8 Å². The Bertz CT molecular complexity index is 1360. The largest absolute Gasteiger partial charge is 0.483 e. The maximum Gasteiger partial charge on any atom is 0.422 e. The highest BCUT2D eigenvalue weighted by Gasteiger charge is 2.30. The highest BCUT2D eigenvalue weighted by molar-refractivity contribution is 6.34. The average molecular weight is 533 g/mol. The van der Waals surface area contributed by atoms with Crippen molar-refractivity contribution in [3.8, 4) is 11.4 Å². The molecule has 0 saturated heterocycles. The number of aryl methyl sites for hydroxylation is 1. The van der Waals surface area contributed by atoms with E-state index in [1.807, 2.05) is 0 Å². The van der Waals surface area contributed by atoms with Gasteiger partial charge in [0.05, 0.1) is 16.3 Å². The molecule has 14 heteroatoms. The number of hydrogen-bond acceptors (Lipinski definition) is 5. The first kappa shape index (κ1) is 25.6. The lowest BCUT2D eigenvalue weighted by Crippen LogP contribution is -2.26. The van der Waals surface area contributed by atoms with Crippen molar-refractivity contribution >= 4 is 23.2 Å². The van der Waals surface area contributed by atoms with Crippen molar-refractivity contribution in [2.75, 3.05) is 18.5 Å². The molecule has 0 aliphatic carbocycles. The van der Waals surface area contributed by atoms with Gasteiger partial charge in [-0.2, -0.15) is 17.9 Å². The summed E-state index contributed by atoms with van der Waals surface area (Å²) in [6.45, 7) is 0.282. The minimum Gasteiger partial charge on any atom is -0.483 e. The zero-order valence-corrected chi connectivity index (χ0v) is 19.3. The van der Waals surface area contributed by atoms with Crippen molar-refractivity contribution in [1.82, 2.24) is 14.3 Å². The van der Waals surface area contributed by atoms with Crippen molar-refractivity contribution in [2.45, 2.75) is 32.7 Å². The van der Waals surface area contributed by atoms with Crippen molar-refractivity contribution in [3.05, 3.63) is 68.4 Å². The lowest BCUT2D eigenvalue weighted by Gasteiger charge is -2.16. The number of ether oxygens (including phenoxy) is 2. The summed E-state index contributed by atoms with van der Waals surface area (Å²) >= 11 is 5.97. The molecule has 0 spiro atoms. The van der Waals surface area contributed by atoms with Crippen LogP contribution in [-0.4, -0.2) is 39.6 Å². The van der Waals surface area contributed by atoms with Gasteiger partial charge in [-0.3, -0.25) is 9.36 Å². The van der Waals surface area contributed by atoms with Crippen LogP contribution in [0.5, 0.6) is 5.75 Å². The normalized spacial score (nSPS) is 13.8. The minimum atomic E-state index is -4.78. The van der Waals surface area contributed by atoms with Crippen LogP contribution in [0.25, 0.3) is 5.69 Å². The third kappa shape index (κ3) is 5.36. The van der Waals surface area contributed by atoms with E-state index in [2.05, 4.69) is 10.4 Å². The molecule has 1 aromatic heterocycles. The second-order valence-electron chi connectivity index (χ2n) is 7.91. The molecule has 36 heavy (non-hydrogen) atoms. The molecule has 3 aromatic rings. The van der Waals surface area contributed by atoms with Crippen LogP contribution in [-0.2, 0) is 17.9 Å². The van der Waals surface area contributed by atoms with Gasteiger partial charge in [0.15, 0.2) is 12.4 Å². The van der Waals surface area contributed by atoms with E-state index in [1.165, 1.54) is 11.5 Å². The number of alkyl halides is 3. The van der Waals surface area contributed by atoms with Gasteiger partial charge in [-0.05, 0) is 37.1 Å². The van der Waals surface area contributed by atoms with Gasteiger partial charge in [-0.1, -0.05) is 11.6 Å². The lowest BCUT2D eigenvalue weighted by molar-refractivity contribution is -0.153. The molecule has 1 aliphatic heterocycles. The summed E-state index contributed by atoms with van der Waals surface area (Å²) in [6, 6.07) is 3.40. The van der Waals surface area contributed by atoms with Crippen LogP contribution in [0, 0.1) is 18.6 Å². The molecule has 2 aromatic carbocycles. The Morgan fingerprint density at radius 1 is 1.25 bits per heavy atom. The molecule has 1 amide bonds. The van der Waals surface area contributed by atoms with Crippen LogP contribution >= 0.6 is 11.6 Å². The van der Waals surface area contributed by atoms with Crippen molar-refractivity contribution in [2.24, 2.45) is 0 Å². The van der Waals surface area contributed by atoms with Crippen LogP contribution in [0.15, 0.2) is 29.1 Å². The molecular formula is C22H18ClF5N4O4. The van der Waals surface area contributed by atoms with Crippen molar-refractivity contribution < 1.29 is 36.2 Å². The number of nitrogens with one attached hydrogen (secondary N) is 1. The smallest absolute Gasteiger partial charge is 0.422 e. The zero-order valence-electron chi connectivity index (χ0n) is 18.6. The molecule has 0 fully saturated rings. The fraction of sp³-hybridized carbons (Fsp3) is 0.318. The van der Waals surface area contributed by atoms with E-state index in [4.69, 9.17) is 21.1 Å². The first-order chi connectivity index (χ1) is 16.9. The fourth-order valence-electron chi connectivity index (χ4n) is 3.62. The minimum absolute atomic E-state index is 0.0143. The highest BCUT2D eigenvalue weighted by Crippen LogP contribution is 2.31.